The molecule has 3 rings (SSSR count). The molecule has 0 fully saturated rings. The molecule has 0 aliphatic carbocycles. The Bertz CT molecular complexity index is 1180. The van der Waals surface area contributed by atoms with Gasteiger partial charge in [-0.1, -0.05) is 24.3 Å². The maximum absolute atomic E-state index is 14.3. The first-order valence-electron chi connectivity index (χ1n) is 9.65. The predicted molar refractivity (Wildman–Crippen MR) is 118 cm³/mol. The highest BCUT2D eigenvalue weighted by atomic mass is 32.2. The van der Waals surface area contributed by atoms with Crippen molar-refractivity contribution in [3.63, 3.8) is 0 Å². The Kier molecular flexibility index (Phi) is 7.45. The van der Waals surface area contributed by atoms with Crippen molar-refractivity contribution >= 4 is 15.9 Å². The van der Waals surface area contributed by atoms with Crippen LogP contribution in [-0.2, 0) is 23.1 Å². The van der Waals surface area contributed by atoms with Gasteiger partial charge in [-0.25, -0.2) is 17.5 Å². The molecule has 0 radical (unpaired) electrons. The third kappa shape index (κ3) is 5.83. The van der Waals surface area contributed by atoms with E-state index in [-0.39, 0.29) is 23.5 Å². The Morgan fingerprint density at radius 1 is 0.844 bits per heavy atom. The third-order valence-corrected chi connectivity index (χ3v) is 6.13. The summed E-state index contributed by atoms with van der Waals surface area (Å²) in [5.74, 6) is -0.205. The van der Waals surface area contributed by atoms with Crippen LogP contribution in [0.2, 0.25) is 0 Å². The average molecular weight is 459 g/mol. The van der Waals surface area contributed by atoms with Crippen LogP contribution in [0.15, 0.2) is 71.6 Å². The fourth-order valence-electron chi connectivity index (χ4n) is 2.87. The van der Waals surface area contributed by atoms with Crippen molar-refractivity contribution in [2.24, 2.45) is 0 Å². The standard InChI is InChI=1S/C23H23FN2O5S/c1-30-18-7-3-16(4-8-18)14-25-23(27)21-13-20(11-12-22(21)24)32(28,29)26-15-17-5-9-19(31-2)10-6-17/h3-13,26H,14-15H2,1-2H3,(H,25,27). The molecule has 2 N–H and O–H groups in total. The van der Waals surface area contributed by atoms with E-state index in [1.807, 2.05) is 0 Å². The quantitative estimate of drug-likeness (QED) is 0.514. The molecule has 32 heavy (non-hydrogen) atoms. The molecule has 7 nitrogen and oxygen atoms in total. The van der Waals surface area contributed by atoms with Gasteiger partial charge in [-0.3, -0.25) is 4.79 Å². The summed E-state index contributed by atoms with van der Waals surface area (Å²) in [6, 6.07) is 17.0. The normalized spacial score (nSPS) is 11.1. The van der Waals surface area contributed by atoms with Crippen LogP contribution in [0.1, 0.15) is 21.5 Å². The minimum Gasteiger partial charge on any atom is -0.497 e. The summed E-state index contributed by atoms with van der Waals surface area (Å²) in [6.07, 6.45) is 0. The predicted octanol–water partition coefficient (Wildman–Crippen LogP) is 3.25. The zero-order valence-electron chi connectivity index (χ0n) is 17.6. The molecule has 0 heterocycles. The van der Waals surface area contributed by atoms with Crippen LogP contribution in [0.5, 0.6) is 11.5 Å². The van der Waals surface area contributed by atoms with E-state index in [2.05, 4.69) is 10.0 Å². The molecule has 0 saturated carbocycles. The van der Waals surface area contributed by atoms with Gasteiger partial charge in [-0.15, -0.1) is 0 Å². The van der Waals surface area contributed by atoms with Crippen molar-refractivity contribution in [1.82, 2.24) is 10.0 Å². The summed E-state index contributed by atoms with van der Waals surface area (Å²) in [4.78, 5) is 12.3. The molecule has 0 saturated heterocycles. The van der Waals surface area contributed by atoms with Crippen LogP contribution in [-0.4, -0.2) is 28.5 Å². The van der Waals surface area contributed by atoms with Crippen molar-refractivity contribution in [2.45, 2.75) is 18.0 Å². The molecule has 168 valence electrons. The third-order valence-electron chi connectivity index (χ3n) is 4.73. The first kappa shape index (κ1) is 23.2. The number of amides is 1. The molecule has 0 aliphatic heterocycles. The molecule has 1 amide bonds. The molecule has 0 aromatic heterocycles. The van der Waals surface area contributed by atoms with Gasteiger partial charge in [0, 0.05) is 13.1 Å². The second kappa shape index (κ2) is 10.3. The lowest BCUT2D eigenvalue weighted by Crippen LogP contribution is -2.26. The number of methoxy groups -OCH3 is 2. The number of hydrogen-bond acceptors (Lipinski definition) is 5. The number of hydrogen-bond donors (Lipinski definition) is 2. The van der Waals surface area contributed by atoms with Crippen LogP contribution in [0.25, 0.3) is 0 Å². The molecular weight excluding hydrogens is 435 g/mol. The van der Waals surface area contributed by atoms with Crippen LogP contribution in [0.4, 0.5) is 4.39 Å². The molecule has 9 heteroatoms. The lowest BCUT2D eigenvalue weighted by Gasteiger charge is -2.11. The van der Waals surface area contributed by atoms with Crippen molar-refractivity contribution in [2.75, 3.05) is 14.2 Å². The van der Waals surface area contributed by atoms with E-state index in [1.54, 1.807) is 55.6 Å². The van der Waals surface area contributed by atoms with Crippen LogP contribution in [0.3, 0.4) is 0 Å². The topological polar surface area (TPSA) is 93.7 Å². The van der Waals surface area contributed by atoms with Gasteiger partial charge in [0.15, 0.2) is 0 Å². The van der Waals surface area contributed by atoms with Gasteiger partial charge in [0.2, 0.25) is 10.0 Å². The van der Waals surface area contributed by atoms with E-state index in [4.69, 9.17) is 9.47 Å². The van der Waals surface area contributed by atoms with E-state index in [0.717, 1.165) is 23.8 Å². The minimum atomic E-state index is -3.96. The molecule has 0 unspecified atom stereocenters. The van der Waals surface area contributed by atoms with Gasteiger partial charge >= 0.3 is 0 Å². The van der Waals surface area contributed by atoms with E-state index < -0.39 is 21.7 Å². The summed E-state index contributed by atoms with van der Waals surface area (Å²) in [6.45, 7) is 0.178. The van der Waals surface area contributed by atoms with Crippen molar-refractivity contribution in [3.05, 3.63) is 89.2 Å². The lowest BCUT2D eigenvalue weighted by molar-refractivity contribution is 0.0946. The number of carbonyl (C=O) groups is 1. The summed E-state index contributed by atoms with van der Waals surface area (Å²) in [5, 5.41) is 2.59. The van der Waals surface area contributed by atoms with Gasteiger partial charge in [0.1, 0.15) is 17.3 Å². The van der Waals surface area contributed by atoms with Crippen molar-refractivity contribution in [3.8, 4) is 11.5 Å². The summed E-state index contributed by atoms with van der Waals surface area (Å²) < 4.78 is 52.2. The number of halogens is 1. The largest absolute Gasteiger partial charge is 0.497 e. The average Bonchev–Trinajstić information content (AvgIpc) is 2.82. The van der Waals surface area contributed by atoms with Gasteiger partial charge in [-0.05, 0) is 53.6 Å². The number of rotatable bonds is 9. The van der Waals surface area contributed by atoms with E-state index in [0.29, 0.717) is 17.1 Å². The van der Waals surface area contributed by atoms with Gasteiger partial charge in [-0.2, -0.15) is 0 Å². The monoisotopic (exact) mass is 458 g/mol. The second-order valence-electron chi connectivity index (χ2n) is 6.85. The SMILES string of the molecule is COc1ccc(CNC(=O)c2cc(S(=O)(=O)NCc3ccc(OC)cc3)ccc2F)cc1. The zero-order valence-corrected chi connectivity index (χ0v) is 18.4. The number of benzene rings is 3. The summed E-state index contributed by atoms with van der Waals surface area (Å²) in [7, 11) is -0.877. The molecular formula is C23H23FN2O5S. The molecule has 0 atom stereocenters. The van der Waals surface area contributed by atoms with Gasteiger partial charge in [0.25, 0.3) is 5.91 Å². The molecule has 0 bridgehead atoms. The fraction of sp³-hybridized carbons (Fsp3) is 0.174. The fourth-order valence-corrected chi connectivity index (χ4v) is 3.92. The maximum atomic E-state index is 14.3. The smallest absolute Gasteiger partial charge is 0.254 e. The van der Waals surface area contributed by atoms with Gasteiger partial charge < -0.3 is 14.8 Å². The molecule has 0 spiro atoms. The number of ether oxygens (including phenoxy) is 2. The Balaban J connectivity index is 1.69. The second-order valence-corrected chi connectivity index (χ2v) is 8.61. The summed E-state index contributed by atoms with van der Waals surface area (Å²) in [5.41, 5.74) is 1.14. The highest BCUT2D eigenvalue weighted by Gasteiger charge is 2.19. The van der Waals surface area contributed by atoms with Gasteiger partial charge in [0.05, 0.1) is 24.7 Å². The number of carbonyl (C=O) groups excluding carboxylic acids is 1. The Morgan fingerprint density at radius 2 is 1.38 bits per heavy atom. The van der Waals surface area contributed by atoms with Crippen LogP contribution >= 0.6 is 0 Å². The van der Waals surface area contributed by atoms with Crippen LogP contribution < -0.4 is 19.5 Å². The highest BCUT2D eigenvalue weighted by Crippen LogP contribution is 2.17. The minimum absolute atomic E-state index is 0.0305. The lowest BCUT2D eigenvalue weighted by atomic mass is 10.1. The Hall–Kier alpha value is -3.43. The first-order chi connectivity index (χ1) is 15.3. The molecule has 3 aromatic carbocycles. The van der Waals surface area contributed by atoms with Crippen LogP contribution in [0, 0.1) is 5.82 Å². The van der Waals surface area contributed by atoms with E-state index >= 15 is 0 Å². The zero-order chi connectivity index (χ0) is 23.1. The maximum Gasteiger partial charge on any atom is 0.254 e. The van der Waals surface area contributed by atoms with Crippen molar-refractivity contribution < 1.29 is 27.1 Å². The van der Waals surface area contributed by atoms with Crippen molar-refractivity contribution in [1.29, 1.82) is 0 Å². The Labute approximate surface area is 186 Å². The number of nitrogens with one attached hydrogen (secondary N) is 2. The highest BCUT2D eigenvalue weighted by molar-refractivity contribution is 7.89. The summed E-state index contributed by atoms with van der Waals surface area (Å²) >= 11 is 0. The first-order valence-corrected chi connectivity index (χ1v) is 11.1. The number of sulfonamides is 1. The Morgan fingerprint density at radius 3 is 1.91 bits per heavy atom. The van der Waals surface area contributed by atoms with E-state index in [9.17, 15) is 17.6 Å². The molecule has 3 aromatic rings. The molecule has 0 aliphatic rings. The van der Waals surface area contributed by atoms with E-state index in [1.165, 1.54) is 7.11 Å².